The highest BCUT2D eigenvalue weighted by Crippen LogP contribution is 2.34. The van der Waals surface area contributed by atoms with Crippen LogP contribution in [0.3, 0.4) is 0 Å². The molecule has 1 aromatic rings. The van der Waals surface area contributed by atoms with Gasteiger partial charge in [0.1, 0.15) is 0 Å². The molecule has 0 aliphatic rings. The molecule has 0 bridgehead atoms. The molecule has 0 heterocycles. The van der Waals surface area contributed by atoms with Crippen molar-refractivity contribution in [1.82, 2.24) is 0 Å². The van der Waals surface area contributed by atoms with Crippen LogP contribution in [-0.2, 0) is 0 Å². The first-order valence-corrected chi connectivity index (χ1v) is 6.71. The summed E-state index contributed by atoms with van der Waals surface area (Å²) in [4.78, 5) is 0. The molecule has 102 valence electrons. The molecule has 4 heteroatoms. The lowest BCUT2D eigenvalue weighted by atomic mass is 9.89. The summed E-state index contributed by atoms with van der Waals surface area (Å²) in [5, 5.41) is 10.3. The molecule has 1 rings (SSSR count). The van der Waals surface area contributed by atoms with Gasteiger partial charge in [0, 0.05) is 10.6 Å². The summed E-state index contributed by atoms with van der Waals surface area (Å²) in [5.41, 5.74) is 0.276. The normalized spacial score (nSPS) is 14.6. The third-order valence-corrected chi connectivity index (χ3v) is 3.58. The molecule has 0 amide bonds. The second kappa shape index (κ2) is 7.05. The van der Waals surface area contributed by atoms with Gasteiger partial charge in [0.2, 0.25) is 0 Å². The summed E-state index contributed by atoms with van der Waals surface area (Å²) in [6.07, 6.45) is 2.81. The molecule has 0 aliphatic carbocycles. The zero-order chi connectivity index (χ0) is 13.7. The maximum Gasteiger partial charge on any atom is 0.160 e. The first-order valence-electron chi connectivity index (χ1n) is 6.33. The molecular formula is C14H19ClF2O. The van der Waals surface area contributed by atoms with Crippen molar-refractivity contribution in [3.05, 3.63) is 34.4 Å². The van der Waals surface area contributed by atoms with E-state index in [4.69, 9.17) is 11.6 Å². The van der Waals surface area contributed by atoms with Gasteiger partial charge < -0.3 is 5.11 Å². The molecule has 2 atom stereocenters. The van der Waals surface area contributed by atoms with E-state index < -0.39 is 17.7 Å². The van der Waals surface area contributed by atoms with Crippen LogP contribution in [0.5, 0.6) is 0 Å². The highest BCUT2D eigenvalue weighted by Gasteiger charge is 2.22. The lowest BCUT2D eigenvalue weighted by molar-refractivity contribution is 0.0986. The van der Waals surface area contributed by atoms with Crippen molar-refractivity contribution < 1.29 is 13.9 Å². The van der Waals surface area contributed by atoms with Crippen LogP contribution in [0.15, 0.2) is 12.1 Å². The van der Waals surface area contributed by atoms with Gasteiger partial charge in [-0.1, -0.05) is 44.7 Å². The number of hydrogen-bond acceptors (Lipinski definition) is 1. The summed E-state index contributed by atoms with van der Waals surface area (Å²) in [7, 11) is 0. The van der Waals surface area contributed by atoms with Gasteiger partial charge in [0.05, 0.1) is 6.10 Å². The maximum absolute atomic E-state index is 13.2. The SMILES string of the molecule is CCCCC(CC)C(O)c1cc(F)c(F)cc1Cl. The number of hydrogen-bond donors (Lipinski definition) is 1. The minimum Gasteiger partial charge on any atom is -0.388 e. The molecule has 2 unspecified atom stereocenters. The van der Waals surface area contributed by atoms with Crippen molar-refractivity contribution >= 4 is 11.6 Å². The van der Waals surface area contributed by atoms with Gasteiger partial charge in [-0.25, -0.2) is 8.78 Å². The van der Waals surface area contributed by atoms with Crippen LogP contribution in [0.25, 0.3) is 0 Å². The molecule has 1 aromatic carbocycles. The summed E-state index contributed by atoms with van der Waals surface area (Å²) in [6, 6.07) is 1.92. The van der Waals surface area contributed by atoms with E-state index in [1.165, 1.54) is 0 Å². The Bertz CT molecular complexity index is 396. The Balaban J connectivity index is 2.94. The Labute approximate surface area is 112 Å². The van der Waals surface area contributed by atoms with Crippen LogP contribution in [0, 0.1) is 17.6 Å². The van der Waals surface area contributed by atoms with Gasteiger partial charge >= 0.3 is 0 Å². The summed E-state index contributed by atoms with van der Waals surface area (Å²) in [5.74, 6) is -1.94. The number of unbranched alkanes of at least 4 members (excludes halogenated alkanes) is 1. The average molecular weight is 277 g/mol. The summed E-state index contributed by atoms with van der Waals surface area (Å²) < 4.78 is 26.2. The Morgan fingerprint density at radius 3 is 2.39 bits per heavy atom. The Morgan fingerprint density at radius 1 is 1.22 bits per heavy atom. The number of aliphatic hydroxyl groups excluding tert-OH is 1. The van der Waals surface area contributed by atoms with Gasteiger partial charge in [-0.2, -0.15) is 0 Å². The fourth-order valence-electron chi connectivity index (χ4n) is 2.07. The van der Waals surface area contributed by atoms with Crippen molar-refractivity contribution in [3.63, 3.8) is 0 Å². The minimum absolute atomic E-state index is 0.0207. The van der Waals surface area contributed by atoms with Crippen molar-refractivity contribution in [1.29, 1.82) is 0 Å². The smallest absolute Gasteiger partial charge is 0.160 e. The number of aliphatic hydroxyl groups is 1. The predicted molar refractivity (Wildman–Crippen MR) is 69.6 cm³/mol. The lowest BCUT2D eigenvalue weighted by Gasteiger charge is -2.22. The van der Waals surface area contributed by atoms with E-state index in [1.54, 1.807) is 0 Å². The number of benzene rings is 1. The third kappa shape index (κ3) is 3.66. The zero-order valence-electron chi connectivity index (χ0n) is 10.7. The Kier molecular flexibility index (Phi) is 6.03. The minimum atomic E-state index is -0.988. The van der Waals surface area contributed by atoms with E-state index in [0.29, 0.717) is 0 Å². The fraction of sp³-hybridized carbons (Fsp3) is 0.571. The monoisotopic (exact) mass is 276 g/mol. The third-order valence-electron chi connectivity index (χ3n) is 3.26. The van der Waals surface area contributed by atoms with Crippen LogP contribution >= 0.6 is 11.6 Å². The molecule has 0 aliphatic heterocycles. The molecule has 0 saturated carbocycles. The molecule has 0 aromatic heterocycles. The quantitative estimate of drug-likeness (QED) is 0.735. The van der Waals surface area contributed by atoms with E-state index in [0.717, 1.165) is 37.8 Å². The zero-order valence-corrected chi connectivity index (χ0v) is 11.5. The van der Waals surface area contributed by atoms with Gasteiger partial charge in [0.25, 0.3) is 0 Å². The summed E-state index contributed by atoms with van der Waals surface area (Å²) >= 11 is 5.86. The van der Waals surface area contributed by atoms with Gasteiger partial charge in [-0.15, -0.1) is 0 Å². The highest BCUT2D eigenvalue weighted by molar-refractivity contribution is 6.31. The molecule has 1 N–H and O–H groups in total. The summed E-state index contributed by atoms with van der Waals surface area (Å²) in [6.45, 7) is 4.04. The average Bonchev–Trinajstić information content (AvgIpc) is 2.34. The molecule has 0 fully saturated rings. The maximum atomic E-state index is 13.2. The van der Waals surface area contributed by atoms with Crippen LogP contribution < -0.4 is 0 Å². The second-order valence-corrected chi connectivity index (χ2v) is 4.95. The van der Waals surface area contributed by atoms with E-state index in [9.17, 15) is 13.9 Å². The first kappa shape index (κ1) is 15.4. The highest BCUT2D eigenvalue weighted by atomic mass is 35.5. The van der Waals surface area contributed by atoms with Gasteiger partial charge in [0.15, 0.2) is 11.6 Å². The molecule has 18 heavy (non-hydrogen) atoms. The van der Waals surface area contributed by atoms with E-state index in [2.05, 4.69) is 6.92 Å². The van der Waals surface area contributed by atoms with E-state index >= 15 is 0 Å². The van der Waals surface area contributed by atoms with Crippen molar-refractivity contribution in [2.75, 3.05) is 0 Å². The van der Waals surface area contributed by atoms with Crippen LogP contribution in [0.4, 0.5) is 8.78 Å². The van der Waals surface area contributed by atoms with Gasteiger partial charge in [-0.3, -0.25) is 0 Å². The topological polar surface area (TPSA) is 20.2 Å². The first-order chi connectivity index (χ1) is 8.51. The van der Waals surface area contributed by atoms with Crippen LogP contribution in [0.1, 0.15) is 51.2 Å². The largest absolute Gasteiger partial charge is 0.388 e. The standard InChI is InChI=1S/C14H19ClF2O/c1-3-5-6-9(4-2)14(18)10-7-12(16)13(17)8-11(10)15/h7-9,14,18H,3-6H2,1-2H3. The molecule has 1 nitrogen and oxygen atoms in total. The number of halogens is 3. The molecular weight excluding hydrogens is 258 g/mol. The van der Waals surface area contributed by atoms with Crippen molar-refractivity contribution in [2.45, 2.75) is 45.6 Å². The van der Waals surface area contributed by atoms with Gasteiger partial charge in [-0.05, 0) is 24.5 Å². The number of rotatable bonds is 6. The van der Waals surface area contributed by atoms with Crippen LogP contribution in [0.2, 0.25) is 5.02 Å². The lowest BCUT2D eigenvalue weighted by Crippen LogP contribution is -2.13. The molecule has 0 radical (unpaired) electrons. The Hall–Kier alpha value is -0.670. The molecule has 0 saturated heterocycles. The predicted octanol–water partition coefficient (Wildman–Crippen LogP) is 4.87. The Morgan fingerprint density at radius 2 is 1.83 bits per heavy atom. The van der Waals surface area contributed by atoms with Crippen molar-refractivity contribution in [3.8, 4) is 0 Å². The second-order valence-electron chi connectivity index (χ2n) is 4.54. The molecule has 0 spiro atoms. The fourth-order valence-corrected chi connectivity index (χ4v) is 2.33. The van der Waals surface area contributed by atoms with Crippen LogP contribution in [-0.4, -0.2) is 5.11 Å². The van der Waals surface area contributed by atoms with Crippen molar-refractivity contribution in [2.24, 2.45) is 5.92 Å². The van der Waals surface area contributed by atoms with E-state index in [1.807, 2.05) is 6.92 Å². The van der Waals surface area contributed by atoms with E-state index in [-0.39, 0.29) is 16.5 Å².